The van der Waals surface area contributed by atoms with Gasteiger partial charge in [-0.1, -0.05) is 26.6 Å². The van der Waals surface area contributed by atoms with Crippen molar-refractivity contribution in [1.82, 2.24) is 4.90 Å². The van der Waals surface area contributed by atoms with Crippen LogP contribution in [0.1, 0.15) is 13.3 Å². The van der Waals surface area contributed by atoms with Crippen LogP contribution in [0.2, 0.25) is 45.3 Å². The van der Waals surface area contributed by atoms with Crippen LogP contribution in [-0.4, -0.2) is 44.3 Å². The van der Waals surface area contributed by atoms with Gasteiger partial charge in [0.1, 0.15) is 5.70 Å². The van der Waals surface area contributed by atoms with Crippen LogP contribution in [0.3, 0.4) is 0 Å². The Bertz CT molecular complexity index is 549. The fraction of sp³-hybridized carbons (Fsp3) is 0.750. The molecule has 0 saturated carbocycles. The van der Waals surface area contributed by atoms with Crippen molar-refractivity contribution < 1.29 is 14.0 Å². The van der Waals surface area contributed by atoms with Crippen molar-refractivity contribution in [2.45, 2.75) is 64.0 Å². The van der Waals surface area contributed by atoms with Gasteiger partial charge in [-0.3, -0.25) is 9.69 Å². The second-order valence-corrected chi connectivity index (χ2v) is 19.7. The molecule has 1 amide bonds. The van der Waals surface area contributed by atoms with Crippen molar-refractivity contribution in [1.29, 1.82) is 0 Å². The van der Waals surface area contributed by atoms with E-state index in [0.29, 0.717) is 5.70 Å². The first-order chi connectivity index (χ1) is 10.4. The van der Waals surface area contributed by atoms with E-state index >= 15 is 0 Å². The zero-order valence-corrected chi connectivity index (χ0v) is 18.2. The fourth-order valence-electron chi connectivity index (χ4n) is 3.06. The zero-order valence-electron chi connectivity index (χ0n) is 15.4. The van der Waals surface area contributed by atoms with Crippen molar-refractivity contribution in [3.63, 3.8) is 0 Å². The molecule has 2 rings (SSSR count). The van der Waals surface area contributed by atoms with Gasteiger partial charge in [0.15, 0.2) is 0 Å². The first kappa shape index (κ1) is 18.8. The molecule has 0 bridgehead atoms. The van der Waals surface area contributed by atoms with Crippen LogP contribution in [0.15, 0.2) is 11.3 Å². The second-order valence-electron chi connectivity index (χ2n) is 8.59. The van der Waals surface area contributed by atoms with Gasteiger partial charge in [-0.2, -0.15) is 0 Å². The lowest BCUT2D eigenvalue weighted by Crippen LogP contribution is -2.62. The van der Waals surface area contributed by atoms with E-state index in [1.165, 1.54) is 0 Å². The Kier molecular flexibility index (Phi) is 5.23. The molecule has 0 N–H and O–H groups in total. The van der Waals surface area contributed by atoms with Crippen molar-refractivity contribution in [3.8, 4) is 0 Å². The molecule has 2 heterocycles. The number of rotatable bonds is 5. The minimum Gasteiger partial charge on any atom is -0.515 e. The Balaban J connectivity index is 2.25. The second kappa shape index (κ2) is 6.40. The molecule has 2 atom stereocenters. The third-order valence-corrected chi connectivity index (χ3v) is 7.87. The molecule has 1 fully saturated rings. The van der Waals surface area contributed by atoms with Crippen molar-refractivity contribution in [2.75, 3.05) is 5.75 Å². The van der Waals surface area contributed by atoms with E-state index in [1.54, 1.807) is 4.90 Å². The van der Waals surface area contributed by atoms with Gasteiger partial charge in [0.25, 0.3) is 0 Å². The van der Waals surface area contributed by atoms with Gasteiger partial charge in [0.2, 0.25) is 14.2 Å². The van der Waals surface area contributed by atoms with Gasteiger partial charge in [0.05, 0.1) is 11.3 Å². The van der Waals surface area contributed by atoms with Crippen LogP contribution in [0.25, 0.3) is 0 Å². The van der Waals surface area contributed by atoms with Crippen LogP contribution in [0.4, 0.5) is 0 Å². The number of carbonyl (C=O) groups is 2. The van der Waals surface area contributed by atoms with Gasteiger partial charge in [-0.15, -0.1) is 11.8 Å². The van der Waals surface area contributed by atoms with Crippen molar-refractivity contribution in [3.05, 3.63) is 11.3 Å². The highest BCUT2D eigenvalue weighted by Crippen LogP contribution is 2.47. The fourth-order valence-corrected chi connectivity index (χ4v) is 7.12. The number of amides is 1. The first-order valence-corrected chi connectivity index (χ1v) is 16.5. The van der Waals surface area contributed by atoms with E-state index in [-0.39, 0.29) is 23.2 Å². The quantitative estimate of drug-likeness (QED) is 0.543. The molecule has 4 nitrogen and oxygen atoms in total. The minimum absolute atomic E-state index is 0.0831. The Hall–Kier alpha value is -0.536. The maximum atomic E-state index is 12.7. The van der Waals surface area contributed by atoms with Crippen molar-refractivity contribution >= 4 is 40.0 Å². The van der Waals surface area contributed by atoms with Crippen LogP contribution in [0, 0.1) is 5.92 Å². The lowest BCUT2D eigenvalue weighted by molar-refractivity contribution is -0.151. The molecule has 2 aliphatic rings. The maximum absolute atomic E-state index is 12.7. The standard InChI is InChI=1S/C16H29NO3SSi2/c1-8-11-9-21-15-12(10-22(2,3)4)14(18)17(15)13(11)16(19)20-23(5,6)7/h12,15H,8-10H2,1-7H3/t12-,15-/m1/s1. The Morgan fingerprint density at radius 2 is 1.87 bits per heavy atom. The highest BCUT2D eigenvalue weighted by atomic mass is 32.2. The molecular formula is C16H29NO3SSi2. The number of nitrogens with zero attached hydrogens (tertiary/aromatic N) is 1. The SMILES string of the molecule is CCC1=C(C(=O)O[Si](C)(C)C)N2C(=O)[C@@H](C[Si](C)(C)C)[C@H]2SC1. The van der Waals surface area contributed by atoms with Crippen LogP contribution in [-0.2, 0) is 14.0 Å². The summed E-state index contributed by atoms with van der Waals surface area (Å²) in [6.07, 6.45) is 0.790. The summed E-state index contributed by atoms with van der Waals surface area (Å²) < 4.78 is 5.69. The zero-order chi connectivity index (χ0) is 17.6. The van der Waals surface area contributed by atoms with Crippen LogP contribution < -0.4 is 0 Å². The molecule has 0 aromatic rings. The highest BCUT2D eigenvalue weighted by Gasteiger charge is 2.54. The topological polar surface area (TPSA) is 46.6 Å². The minimum atomic E-state index is -1.97. The Morgan fingerprint density at radius 1 is 1.26 bits per heavy atom. The maximum Gasteiger partial charge on any atom is 0.341 e. The summed E-state index contributed by atoms with van der Waals surface area (Å²) in [6.45, 7) is 14.9. The molecule has 130 valence electrons. The third-order valence-electron chi connectivity index (χ3n) is 4.01. The molecule has 0 unspecified atom stereocenters. The number of hydrogen-bond acceptors (Lipinski definition) is 4. The Labute approximate surface area is 146 Å². The predicted octanol–water partition coefficient (Wildman–Crippen LogP) is 3.90. The van der Waals surface area contributed by atoms with E-state index in [0.717, 1.165) is 23.8 Å². The molecule has 0 aliphatic carbocycles. The van der Waals surface area contributed by atoms with E-state index < -0.39 is 16.4 Å². The van der Waals surface area contributed by atoms with E-state index in [4.69, 9.17) is 4.43 Å². The largest absolute Gasteiger partial charge is 0.515 e. The molecular weight excluding hydrogens is 342 g/mol. The molecule has 2 aliphatic heterocycles. The average Bonchev–Trinajstić information content (AvgIpc) is 2.40. The molecule has 0 spiro atoms. The average molecular weight is 372 g/mol. The first-order valence-electron chi connectivity index (χ1n) is 8.34. The van der Waals surface area contributed by atoms with E-state index in [2.05, 4.69) is 19.6 Å². The van der Waals surface area contributed by atoms with Gasteiger partial charge in [-0.25, -0.2) is 4.79 Å². The Morgan fingerprint density at radius 3 is 2.35 bits per heavy atom. The summed E-state index contributed by atoms with van der Waals surface area (Å²) in [5.74, 6) is 0.757. The summed E-state index contributed by atoms with van der Waals surface area (Å²) in [4.78, 5) is 27.1. The number of thioether (sulfide) groups is 1. The molecule has 7 heteroatoms. The lowest BCUT2D eigenvalue weighted by atomic mass is 9.97. The molecule has 0 radical (unpaired) electrons. The molecule has 0 aromatic carbocycles. The molecule has 0 aromatic heterocycles. The summed E-state index contributed by atoms with van der Waals surface area (Å²) in [5, 5.41) is 0.133. The summed E-state index contributed by atoms with van der Waals surface area (Å²) >= 11 is 1.81. The normalized spacial score (nSPS) is 25.2. The number of fused-ring (bicyclic) bond motifs is 1. The summed E-state index contributed by atoms with van der Waals surface area (Å²) in [5.41, 5.74) is 1.60. The van der Waals surface area contributed by atoms with Crippen LogP contribution in [0.5, 0.6) is 0 Å². The van der Waals surface area contributed by atoms with Gasteiger partial charge < -0.3 is 4.43 Å². The van der Waals surface area contributed by atoms with Gasteiger partial charge in [0, 0.05) is 13.8 Å². The number of β-lactam (4-membered cyclic amide) rings is 1. The molecule has 1 saturated heterocycles. The van der Waals surface area contributed by atoms with Crippen molar-refractivity contribution in [2.24, 2.45) is 5.92 Å². The predicted molar refractivity (Wildman–Crippen MR) is 101 cm³/mol. The summed E-state index contributed by atoms with van der Waals surface area (Å²) in [6, 6.07) is 0.998. The third kappa shape index (κ3) is 4.11. The van der Waals surface area contributed by atoms with Crippen LogP contribution >= 0.6 is 11.8 Å². The van der Waals surface area contributed by atoms with Gasteiger partial charge in [-0.05, 0) is 37.7 Å². The molecule has 23 heavy (non-hydrogen) atoms. The lowest BCUT2D eigenvalue weighted by Gasteiger charge is -2.51. The number of carbonyl (C=O) groups excluding carboxylic acids is 2. The number of hydrogen-bond donors (Lipinski definition) is 0. The summed E-state index contributed by atoms with van der Waals surface area (Å²) in [7, 11) is -3.28. The monoisotopic (exact) mass is 371 g/mol. The van der Waals surface area contributed by atoms with Gasteiger partial charge >= 0.3 is 5.97 Å². The van der Waals surface area contributed by atoms with E-state index in [1.807, 2.05) is 38.3 Å². The van der Waals surface area contributed by atoms with E-state index in [9.17, 15) is 9.59 Å². The smallest absolute Gasteiger partial charge is 0.341 e. The highest BCUT2D eigenvalue weighted by molar-refractivity contribution is 8.00.